The van der Waals surface area contributed by atoms with Gasteiger partial charge >= 0.3 is 12.1 Å². The van der Waals surface area contributed by atoms with E-state index in [1.807, 2.05) is 24.3 Å². The van der Waals surface area contributed by atoms with Gasteiger partial charge in [-0.3, -0.25) is 0 Å². The van der Waals surface area contributed by atoms with E-state index in [1.165, 1.54) is 23.3 Å². The van der Waals surface area contributed by atoms with Crippen LogP contribution in [0.3, 0.4) is 0 Å². The number of hydrogen-bond donors (Lipinski definition) is 3. The highest BCUT2D eigenvalue weighted by molar-refractivity contribution is 5.79. The van der Waals surface area contributed by atoms with E-state index in [4.69, 9.17) is 23.8 Å². The van der Waals surface area contributed by atoms with Gasteiger partial charge in [0.1, 0.15) is 6.61 Å². The summed E-state index contributed by atoms with van der Waals surface area (Å²) in [7, 11) is 0. The second-order valence-corrected chi connectivity index (χ2v) is 8.65. The molecule has 2 aromatic carbocycles. The number of nitrogens with one attached hydrogen (secondary N) is 1. The van der Waals surface area contributed by atoms with Crippen LogP contribution in [0.25, 0.3) is 11.1 Å². The van der Waals surface area contributed by atoms with Crippen molar-refractivity contribution < 1.29 is 43.6 Å². The number of benzene rings is 2. The Bertz CT molecular complexity index is 1180. The molecule has 11 nitrogen and oxygen atoms in total. The average Bonchev–Trinajstić information content (AvgIpc) is 3.44. The zero-order valence-electron chi connectivity index (χ0n) is 21.4. The maximum absolute atomic E-state index is 12.2. The third-order valence-electron chi connectivity index (χ3n) is 6.04. The number of ether oxygens (including phenoxy) is 4. The molecular weight excluding hydrogens is 508 g/mol. The Hall–Kier alpha value is -4.06. The first-order chi connectivity index (χ1) is 19.0. The number of rotatable bonds is 15. The molecule has 39 heavy (non-hydrogen) atoms. The highest BCUT2D eigenvalue weighted by Gasteiger charge is 2.28. The van der Waals surface area contributed by atoms with E-state index in [0.29, 0.717) is 37.7 Å². The Balaban J connectivity index is 0.981. The van der Waals surface area contributed by atoms with Crippen molar-refractivity contribution in [3.8, 4) is 22.9 Å². The minimum atomic E-state index is -0.669. The molecule has 0 saturated heterocycles. The number of hydrogen-bond acceptors (Lipinski definition) is 9. The Morgan fingerprint density at radius 2 is 1.28 bits per heavy atom. The average molecular weight is 541 g/mol. The fraction of sp³-hybridized carbons (Fsp3) is 0.357. The third kappa shape index (κ3) is 7.73. The minimum absolute atomic E-state index is 0.0167. The molecule has 3 N–H and O–H groups in total. The second kappa shape index (κ2) is 14.2. The van der Waals surface area contributed by atoms with Crippen molar-refractivity contribution in [3.05, 3.63) is 71.8 Å². The van der Waals surface area contributed by atoms with Gasteiger partial charge in [-0.05, 0) is 22.3 Å². The SMILES string of the molecule is O=C(CCOCCOCCOCCNC(=O)OCC1c2ccccc2-c2ccccc21)On1c(O)ccc1O. The largest absolute Gasteiger partial charge is 0.492 e. The quantitative estimate of drug-likeness (QED) is 0.249. The number of amides is 1. The second-order valence-electron chi connectivity index (χ2n) is 8.65. The van der Waals surface area contributed by atoms with Gasteiger partial charge in [0.05, 0.1) is 46.1 Å². The molecular formula is C28H32N2O9. The standard InChI is InChI=1S/C28H32N2O9/c31-25-9-10-26(32)30(25)39-27(33)11-13-35-15-17-37-18-16-36-14-12-29-28(34)38-19-24-22-7-3-1-5-20(22)21-6-2-4-8-23(21)24/h1-10,24,31-32H,11-19H2,(H,29,34). The molecule has 0 radical (unpaired) electrons. The lowest BCUT2D eigenvalue weighted by molar-refractivity contribution is -0.146. The van der Waals surface area contributed by atoms with Crippen molar-refractivity contribution in [3.63, 3.8) is 0 Å². The molecule has 11 heteroatoms. The van der Waals surface area contributed by atoms with Gasteiger partial charge in [-0.25, -0.2) is 9.59 Å². The van der Waals surface area contributed by atoms with E-state index in [-0.39, 0.29) is 43.9 Å². The summed E-state index contributed by atoms with van der Waals surface area (Å²) in [5.41, 5.74) is 4.69. The number of aromatic nitrogens is 1. The van der Waals surface area contributed by atoms with E-state index in [9.17, 15) is 19.8 Å². The molecule has 1 aliphatic rings. The summed E-state index contributed by atoms with van der Waals surface area (Å²) in [6.07, 6.45) is -0.545. The van der Waals surface area contributed by atoms with Crippen molar-refractivity contribution in [1.29, 1.82) is 0 Å². The predicted octanol–water partition coefficient (Wildman–Crippen LogP) is 2.83. The van der Waals surface area contributed by atoms with E-state index in [2.05, 4.69) is 29.6 Å². The van der Waals surface area contributed by atoms with E-state index in [1.54, 1.807) is 0 Å². The van der Waals surface area contributed by atoms with Crippen LogP contribution in [0.15, 0.2) is 60.7 Å². The van der Waals surface area contributed by atoms with Crippen LogP contribution in [-0.4, -0.2) is 79.8 Å². The molecule has 0 bridgehead atoms. The summed E-state index contributed by atoms with van der Waals surface area (Å²) < 4.78 is 22.2. The first-order valence-electron chi connectivity index (χ1n) is 12.7. The number of fused-ring (bicyclic) bond motifs is 3. The zero-order valence-corrected chi connectivity index (χ0v) is 21.4. The van der Waals surface area contributed by atoms with Crippen LogP contribution < -0.4 is 10.2 Å². The summed E-state index contributed by atoms with van der Waals surface area (Å²) in [6, 6.07) is 18.8. The van der Waals surface area contributed by atoms with Crippen LogP contribution in [-0.2, 0) is 23.7 Å². The van der Waals surface area contributed by atoms with Crippen LogP contribution in [0.5, 0.6) is 11.8 Å². The Labute approximate surface area is 225 Å². The number of alkyl carbamates (subject to hydrolysis) is 1. The summed E-state index contributed by atoms with van der Waals surface area (Å²) >= 11 is 0. The van der Waals surface area contributed by atoms with Crippen LogP contribution in [0.1, 0.15) is 23.5 Å². The molecule has 1 aliphatic carbocycles. The maximum atomic E-state index is 12.2. The summed E-state index contributed by atoms with van der Waals surface area (Å²) in [6.45, 7) is 2.28. The molecule has 208 valence electrons. The molecule has 1 amide bonds. The lowest BCUT2D eigenvalue weighted by atomic mass is 9.98. The molecule has 3 aromatic rings. The number of carbonyl (C=O) groups is 2. The first kappa shape index (κ1) is 28.0. The smallest absolute Gasteiger partial charge is 0.407 e. The Kier molecular flexibility index (Phi) is 10.2. The lowest BCUT2D eigenvalue weighted by Gasteiger charge is -2.14. The van der Waals surface area contributed by atoms with Gasteiger partial charge in [-0.1, -0.05) is 48.5 Å². The fourth-order valence-electron chi connectivity index (χ4n) is 4.21. The van der Waals surface area contributed by atoms with Crippen molar-refractivity contribution in [2.24, 2.45) is 0 Å². The molecule has 0 fully saturated rings. The van der Waals surface area contributed by atoms with Crippen molar-refractivity contribution in [2.75, 3.05) is 52.8 Å². The monoisotopic (exact) mass is 540 g/mol. The highest BCUT2D eigenvalue weighted by Crippen LogP contribution is 2.44. The minimum Gasteiger partial charge on any atom is -0.492 e. The van der Waals surface area contributed by atoms with Gasteiger partial charge in [0.15, 0.2) is 0 Å². The summed E-state index contributed by atoms with van der Waals surface area (Å²) in [5, 5.41) is 21.5. The fourth-order valence-corrected chi connectivity index (χ4v) is 4.21. The summed E-state index contributed by atoms with van der Waals surface area (Å²) in [5.74, 6) is -1.42. The van der Waals surface area contributed by atoms with Crippen molar-refractivity contribution in [2.45, 2.75) is 12.3 Å². The van der Waals surface area contributed by atoms with Gasteiger partial charge in [-0.2, -0.15) is 0 Å². The van der Waals surface area contributed by atoms with Crippen molar-refractivity contribution in [1.82, 2.24) is 10.0 Å². The maximum Gasteiger partial charge on any atom is 0.407 e. The van der Waals surface area contributed by atoms with Crippen LogP contribution in [0, 0.1) is 0 Å². The molecule has 4 rings (SSSR count). The highest BCUT2D eigenvalue weighted by atomic mass is 16.7. The number of nitrogens with zero attached hydrogens (tertiary/aromatic N) is 1. The van der Waals surface area contributed by atoms with Gasteiger partial charge in [-0.15, -0.1) is 4.73 Å². The number of carbonyl (C=O) groups excluding carboxylic acids is 2. The van der Waals surface area contributed by atoms with Crippen molar-refractivity contribution >= 4 is 12.1 Å². The third-order valence-corrected chi connectivity index (χ3v) is 6.04. The van der Waals surface area contributed by atoms with Gasteiger partial charge in [0.25, 0.3) is 0 Å². The number of aromatic hydroxyl groups is 2. The molecule has 0 unspecified atom stereocenters. The molecule has 0 aliphatic heterocycles. The van der Waals surface area contributed by atoms with E-state index >= 15 is 0 Å². The zero-order chi connectivity index (χ0) is 27.5. The molecule has 1 aromatic heterocycles. The molecule has 0 saturated carbocycles. The topological polar surface area (TPSA) is 138 Å². The first-order valence-corrected chi connectivity index (χ1v) is 12.7. The van der Waals surface area contributed by atoms with E-state index < -0.39 is 12.1 Å². The van der Waals surface area contributed by atoms with E-state index in [0.717, 1.165) is 11.1 Å². The van der Waals surface area contributed by atoms with Gasteiger partial charge in [0.2, 0.25) is 11.8 Å². The predicted molar refractivity (Wildman–Crippen MR) is 139 cm³/mol. The van der Waals surface area contributed by atoms with Crippen LogP contribution in [0.4, 0.5) is 4.79 Å². The van der Waals surface area contributed by atoms with Crippen LogP contribution in [0.2, 0.25) is 0 Å². The Morgan fingerprint density at radius 3 is 1.90 bits per heavy atom. The normalized spacial score (nSPS) is 12.1. The van der Waals surface area contributed by atoms with Gasteiger partial charge < -0.3 is 39.3 Å². The Morgan fingerprint density at radius 1 is 0.744 bits per heavy atom. The summed E-state index contributed by atoms with van der Waals surface area (Å²) in [4.78, 5) is 28.6. The van der Waals surface area contributed by atoms with Crippen LogP contribution >= 0.6 is 0 Å². The lowest BCUT2D eigenvalue weighted by Crippen LogP contribution is -2.29. The molecule has 0 atom stereocenters. The van der Waals surface area contributed by atoms with Gasteiger partial charge in [0, 0.05) is 24.6 Å². The molecule has 1 heterocycles. The molecule has 0 spiro atoms.